The van der Waals surface area contributed by atoms with Crippen LogP contribution in [0.1, 0.15) is 0 Å². The molecule has 0 saturated carbocycles. The fourth-order valence-electron chi connectivity index (χ4n) is 8.71. The third kappa shape index (κ3) is 4.09. The normalized spacial score (nSPS) is 11.9. The Hall–Kier alpha value is -6.70. The highest BCUT2D eigenvalue weighted by atomic mass is 16.3. The summed E-state index contributed by atoms with van der Waals surface area (Å²) in [6.07, 6.45) is 0. The molecule has 51 heavy (non-hydrogen) atoms. The zero-order chi connectivity index (χ0) is 33.5. The summed E-state index contributed by atoms with van der Waals surface area (Å²) in [7, 11) is 0. The quantitative estimate of drug-likeness (QED) is 0.138. The predicted octanol–water partition coefficient (Wildman–Crippen LogP) is 14.4. The van der Waals surface area contributed by atoms with Crippen LogP contribution in [0.5, 0.6) is 0 Å². The van der Waals surface area contributed by atoms with Crippen LogP contribution in [0.3, 0.4) is 0 Å². The van der Waals surface area contributed by atoms with Crippen LogP contribution in [0.2, 0.25) is 0 Å². The zero-order valence-corrected chi connectivity index (χ0v) is 27.7. The lowest BCUT2D eigenvalue weighted by Gasteiger charge is -2.20. The average molecular weight is 647 g/mol. The Balaban J connectivity index is 1.29. The Bertz CT molecular complexity index is 3130. The zero-order valence-electron chi connectivity index (χ0n) is 27.7. The lowest BCUT2D eigenvalue weighted by Crippen LogP contribution is -1.93. The van der Waals surface area contributed by atoms with Crippen LogP contribution in [0.4, 0.5) is 0 Å². The Labute approximate surface area is 294 Å². The van der Waals surface area contributed by atoms with Crippen molar-refractivity contribution in [2.75, 3.05) is 0 Å². The number of furan rings is 1. The second-order valence-corrected chi connectivity index (χ2v) is 13.5. The maximum atomic E-state index is 6.57. The lowest BCUT2D eigenvalue weighted by atomic mass is 9.82. The molecule has 10 aromatic carbocycles. The standard InChI is InChI=1S/C50H30O/c1-2-13-31(14-3-1)36-28-29-42(41-27-25-32-15-4-6-17-34(32)46(36)41)47-37-19-8-10-21-39(37)48(40-22-11-9-20-38(40)47)43-23-12-24-44-50(43)49-35-18-7-5-16-33(35)26-30-45(49)51-44/h1-30H. The first-order chi connectivity index (χ1) is 25.3. The summed E-state index contributed by atoms with van der Waals surface area (Å²) < 4.78 is 6.57. The van der Waals surface area contributed by atoms with Gasteiger partial charge in [0.1, 0.15) is 11.2 Å². The minimum Gasteiger partial charge on any atom is -0.456 e. The molecule has 11 rings (SSSR count). The molecule has 0 amide bonds. The van der Waals surface area contributed by atoms with E-state index in [1.165, 1.54) is 92.6 Å². The Morgan fingerprint density at radius 3 is 1.43 bits per heavy atom. The molecule has 1 heteroatoms. The summed E-state index contributed by atoms with van der Waals surface area (Å²) in [4.78, 5) is 0. The molecule has 0 aliphatic heterocycles. The van der Waals surface area contributed by atoms with Crippen LogP contribution in [0, 0.1) is 0 Å². The van der Waals surface area contributed by atoms with Crippen molar-refractivity contribution in [1.82, 2.24) is 0 Å². The monoisotopic (exact) mass is 646 g/mol. The van der Waals surface area contributed by atoms with E-state index >= 15 is 0 Å². The number of hydrogen-bond donors (Lipinski definition) is 0. The Kier molecular flexibility index (Phi) is 6.02. The Morgan fingerprint density at radius 2 is 0.765 bits per heavy atom. The maximum Gasteiger partial charge on any atom is 0.136 e. The molecule has 11 aromatic rings. The van der Waals surface area contributed by atoms with Gasteiger partial charge in [0, 0.05) is 10.8 Å². The second kappa shape index (κ2) is 10.9. The summed E-state index contributed by atoms with van der Waals surface area (Å²) >= 11 is 0. The van der Waals surface area contributed by atoms with Gasteiger partial charge < -0.3 is 4.42 Å². The van der Waals surface area contributed by atoms with Gasteiger partial charge in [-0.3, -0.25) is 0 Å². The van der Waals surface area contributed by atoms with Crippen LogP contribution in [0.25, 0.3) is 109 Å². The van der Waals surface area contributed by atoms with E-state index in [9.17, 15) is 0 Å². The van der Waals surface area contributed by atoms with Crippen molar-refractivity contribution in [2.45, 2.75) is 0 Å². The predicted molar refractivity (Wildman–Crippen MR) is 218 cm³/mol. The SMILES string of the molecule is c1ccc(-c2ccc(-c3c4ccccc4c(-c4cccc5oc6ccc7ccccc7c6c45)c4ccccc34)c3ccc4ccccc4c23)cc1. The number of fused-ring (bicyclic) bond motifs is 10. The van der Waals surface area contributed by atoms with Gasteiger partial charge in [0.05, 0.1) is 0 Å². The average Bonchev–Trinajstić information content (AvgIpc) is 3.60. The van der Waals surface area contributed by atoms with Gasteiger partial charge in [-0.15, -0.1) is 0 Å². The van der Waals surface area contributed by atoms with Crippen LogP contribution in [-0.2, 0) is 0 Å². The van der Waals surface area contributed by atoms with Crippen molar-refractivity contribution in [2.24, 2.45) is 0 Å². The third-order valence-corrected chi connectivity index (χ3v) is 10.8. The van der Waals surface area contributed by atoms with E-state index in [4.69, 9.17) is 4.42 Å². The second-order valence-electron chi connectivity index (χ2n) is 13.5. The van der Waals surface area contributed by atoms with Crippen molar-refractivity contribution in [3.05, 3.63) is 182 Å². The number of rotatable bonds is 3. The maximum absolute atomic E-state index is 6.57. The van der Waals surface area contributed by atoms with E-state index < -0.39 is 0 Å². The minimum atomic E-state index is 0.908. The van der Waals surface area contributed by atoms with E-state index in [0.717, 1.165) is 16.6 Å². The molecule has 0 N–H and O–H groups in total. The molecule has 0 bridgehead atoms. The molecule has 1 nitrogen and oxygen atoms in total. The molecule has 0 radical (unpaired) electrons. The summed E-state index contributed by atoms with van der Waals surface area (Å²) in [5.74, 6) is 0. The highest BCUT2D eigenvalue weighted by Crippen LogP contribution is 2.49. The topological polar surface area (TPSA) is 13.1 Å². The molecule has 0 saturated heterocycles. The van der Waals surface area contributed by atoms with Crippen LogP contribution >= 0.6 is 0 Å². The van der Waals surface area contributed by atoms with Gasteiger partial charge in [-0.05, 0) is 99.4 Å². The third-order valence-electron chi connectivity index (χ3n) is 10.8. The van der Waals surface area contributed by atoms with E-state index in [1.54, 1.807) is 0 Å². The molecule has 0 fully saturated rings. The van der Waals surface area contributed by atoms with Gasteiger partial charge >= 0.3 is 0 Å². The first kappa shape index (κ1) is 28.2. The molecule has 0 unspecified atom stereocenters. The van der Waals surface area contributed by atoms with Crippen LogP contribution in [-0.4, -0.2) is 0 Å². The fraction of sp³-hybridized carbons (Fsp3) is 0. The summed E-state index contributed by atoms with van der Waals surface area (Å²) in [5.41, 5.74) is 9.24. The number of benzene rings is 10. The summed E-state index contributed by atoms with van der Waals surface area (Å²) in [6.45, 7) is 0. The number of hydrogen-bond acceptors (Lipinski definition) is 1. The molecule has 1 aromatic heterocycles. The van der Waals surface area contributed by atoms with Crippen molar-refractivity contribution in [1.29, 1.82) is 0 Å². The van der Waals surface area contributed by atoms with E-state index in [1.807, 2.05) is 0 Å². The smallest absolute Gasteiger partial charge is 0.136 e. The molecule has 0 aliphatic carbocycles. The molecular formula is C50H30O. The summed E-state index contributed by atoms with van der Waals surface area (Å²) in [5, 5.41) is 14.8. The van der Waals surface area contributed by atoms with Crippen molar-refractivity contribution < 1.29 is 4.42 Å². The first-order valence-corrected chi connectivity index (χ1v) is 17.6. The van der Waals surface area contributed by atoms with E-state index in [-0.39, 0.29) is 0 Å². The molecular weight excluding hydrogens is 617 g/mol. The molecule has 236 valence electrons. The van der Waals surface area contributed by atoms with Gasteiger partial charge in [0.25, 0.3) is 0 Å². The van der Waals surface area contributed by atoms with Gasteiger partial charge in [-0.1, -0.05) is 170 Å². The molecule has 1 heterocycles. The fourth-order valence-corrected chi connectivity index (χ4v) is 8.71. The van der Waals surface area contributed by atoms with Gasteiger partial charge in [0.2, 0.25) is 0 Å². The highest BCUT2D eigenvalue weighted by Gasteiger charge is 2.22. The summed E-state index contributed by atoms with van der Waals surface area (Å²) in [6, 6.07) is 66.3. The van der Waals surface area contributed by atoms with Crippen LogP contribution in [0.15, 0.2) is 186 Å². The van der Waals surface area contributed by atoms with Crippen LogP contribution < -0.4 is 0 Å². The van der Waals surface area contributed by atoms with Crippen molar-refractivity contribution in [3.63, 3.8) is 0 Å². The van der Waals surface area contributed by atoms with Gasteiger partial charge in [-0.25, -0.2) is 0 Å². The van der Waals surface area contributed by atoms with E-state index in [0.29, 0.717) is 0 Å². The Morgan fingerprint density at radius 1 is 0.255 bits per heavy atom. The lowest BCUT2D eigenvalue weighted by molar-refractivity contribution is 0.669. The van der Waals surface area contributed by atoms with Gasteiger partial charge in [-0.2, -0.15) is 0 Å². The van der Waals surface area contributed by atoms with Crippen molar-refractivity contribution in [3.8, 4) is 33.4 Å². The minimum absolute atomic E-state index is 0.908. The molecule has 0 atom stereocenters. The van der Waals surface area contributed by atoms with E-state index in [2.05, 4.69) is 182 Å². The largest absolute Gasteiger partial charge is 0.456 e. The molecule has 0 spiro atoms. The highest BCUT2D eigenvalue weighted by molar-refractivity contribution is 6.30. The molecule has 0 aliphatic rings. The first-order valence-electron chi connectivity index (χ1n) is 17.6. The van der Waals surface area contributed by atoms with Crippen molar-refractivity contribution >= 4 is 75.8 Å². The van der Waals surface area contributed by atoms with Gasteiger partial charge in [0.15, 0.2) is 0 Å².